The summed E-state index contributed by atoms with van der Waals surface area (Å²) >= 11 is 5.83. The molecule has 0 aromatic heterocycles. The summed E-state index contributed by atoms with van der Waals surface area (Å²) in [5, 5.41) is 3.14. The molecular weight excluding hydrogens is 469 g/mol. The number of unbranched alkanes of at least 4 members (excludes halogenated alkanes) is 1. The summed E-state index contributed by atoms with van der Waals surface area (Å²) in [7, 11) is -2.70. The van der Waals surface area contributed by atoms with Crippen LogP contribution in [0.2, 0.25) is 5.02 Å². The molecule has 0 unspecified atom stereocenters. The SMILES string of the molecule is CCCCNC(=O)[C@@H](C)N(Cc1ccccc1F)C(=O)CN(C)S(=O)(=O)c1ccc(Cl)cc1. The lowest BCUT2D eigenvalue weighted by molar-refractivity contribution is -0.140. The fraction of sp³-hybridized carbons (Fsp3) is 0.391. The first kappa shape index (κ1) is 26.8. The molecule has 33 heavy (non-hydrogen) atoms. The van der Waals surface area contributed by atoms with Gasteiger partial charge in [0.25, 0.3) is 0 Å². The maximum Gasteiger partial charge on any atom is 0.243 e. The number of sulfonamides is 1. The van der Waals surface area contributed by atoms with Crippen LogP contribution in [0.15, 0.2) is 53.4 Å². The van der Waals surface area contributed by atoms with Gasteiger partial charge in [-0.3, -0.25) is 9.59 Å². The van der Waals surface area contributed by atoms with E-state index in [1.807, 2.05) is 6.92 Å². The monoisotopic (exact) mass is 497 g/mol. The van der Waals surface area contributed by atoms with Crippen LogP contribution in [0.1, 0.15) is 32.3 Å². The molecule has 2 amide bonds. The molecule has 2 aromatic carbocycles. The first-order valence-corrected chi connectivity index (χ1v) is 12.4. The third kappa shape index (κ3) is 7.25. The van der Waals surface area contributed by atoms with Crippen molar-refractivity contribution in [3.8, 4) is 0 Å². The maximum absolute atomic E-state index is 14.3. The Bertz CT molecular complexity index is 1060. The molecule has 0 saturated heterocycles. The number of likely N-dealkylation sites (N-methyl/N-ethyl adjacent to an activating group) is 1. The Morgan fingerprint density at radius 2 is 1.76 bits per heavy atom. The molecule has 0 spiro atoms. The Morgan fingerprint density at radius 1 is 1.12 bits per heavy atom. The Kier molecular flexibility index (Phi) is 9.82. The number of amides is 2. The van der Waals surface area contributed by atoms with Crippen LogP contribution >= 0.6 is 11.6 Å². The van der Waals surface area contributed by atoms with E-state index in [2.05, 4.69) is 5.32 Å². The van der Waals surface area contributed by atoms with Crippen molar-refractivity contribution in [3.05, 3.63) is 64.9 Å². The summed E-state index contributed by atoms with van der Waals surface area (Å²) in [5.41, 5.74) is 0.224. The van der Waals surface area contributed by atoms with Crippen LogP contribution in [-0.2, 0) is 26.2 Å². The molecule has 0 aliphatic carbocycles. The molecule has 1 atom stereocenters. The van der Waals surface area contributed by atoms with Crippen LogP contribution in [0.4, 0.5) is 4.39 Å². The Hall–Kier alpha value is -2.49. The highest BCUT2D eigenvalue weighted by Gasteiger charge is 2.30. The topological polar surface area (TPSA) is 86.8 Å². The number of benzene rings is 2. The number of carbonyl (C=O) groups excluding carboxylic acids is 2. The summed E-state index contributed by atoms with van der Waals surface area (Å²) in [6, 6.07) is 10.6. The summed E-state index contributed by atoms with van der Waals surface area (Å²) < 4.78 is 40.9. The average Bonchev–Trinajstić information content (AvgIpc) is 2.78. The second-order valence-corrected chi connectivity index (χ2v) is 10.1. The van der Waals surface area contributed by atoms with Gasteiger partial charge in [-0.2, -0.15) is 4.31 Å². The second-order valence-electron chi connectivity index (χ2n) is 7.65. The van der Waals surface area contributed by atoms with Crippen molar-refractivity contribution in [2.24, 2.45) is 0 Å². The molecule has 2 rings (SSSR count). The number of halogens is 2. The molecule has 1 N–H and O–H groups in total. The van der Waals surface area contributed by atoms with E-state index in [1.54, 1.807) is 6.07 Å². The van der Waals surface area contributed by atoms with Crippen LogP contribution in [0.25, 0.3) is 0 Å². The smallest absolute Gasteiger partial charge is 0.243 e. The standard InChI is InChI=1S/C23H29ClFN3O4S/c1-4-5-14-26-23(30)17(2)28(15-18-8-6-7-9-21(18)25)22(29)16-27(3)33(31,32)20-12-10-19(24)11-13-20/h6-13,17H,4-5,14-16H2,1-3H3,(H,26,30)/t17-/m1/s1. The minimum atomic E-state index is -3.98. The lowest BCUT2D eigenvalue weighted by atomic mass is 10.1. The summed E-state index contributed by atoms with van der Waals surface area (Å²) in [6.07, 6.45) is 1.67. The molecule has 0 radical (unpaired) electrons. The first-order chi connectivity index (χ1) is 15.6. The van der Waals surface area contributed by atoms with Crippen molar-refractivity contribution < 1.29 is 22.4 Å². The number of carbonyl (C=O) groups is 2. The second kappa shape index (κ2) is 12.1. The van der Waals surface area contributed by atoms with Crippen LogP contribution in [0.5, 0.6) is 0 Å². The van der Waals surface area contributed by atoms with Crippen molar-refractivity contribution in [2.75, 3.05) is 20.1 Å². The molecule has 0 fully saturated rings. The van der Waals surface area contributed by atoms with Gasteiger partial charge in [-0.1, -0.05) is 43.1 Å². The quantitative estimate of drug-likeness (QED) is 0.482. The minimum Gasteiger partial charge on any atom is -0.354 e. The highest BCUT2D eigenvalue weighted by atomic mass is 35.5. The van der Waals surface area contributed by atoms with E-state index in [0.29, 0.717) is 11.6 Å². The van der Waals surface area contributed by atoms with E-state index in [4.69, 9.17) is 11.6 Å². The van der Waals surface area contributed by atoms with Gasteiger partial charge in [0.05, 0.1) is 11.4 Å². The third-order valence-electron chi connectivity index (χ3n) is 5.18. The zero-order chi connectivity index (χ0) is 24.6. The van der Waals surface area contributed by atoms with Gasteiger partial charge in [-0.05, 0) is 43.7 Å². The average molecular weight is 498 g/mol. The lowest BCUT2D eigenvalue weighted by Crippen LogP contribution is -2.50. The molecule has 7 nitrogen and oxygen atoms in total. The third-order valence-corrected chi connectivity index (χ3v) is 7.24. The molecule has 0 aliphatic rings. The molecule has 180 valence electrons. The molecular formula is C23H29ClFN3O4S. The first-order valence-electron chi connectivity index (χ1n) is 10.6. The number of hydrogen-bond acceptors (Lipinski definition) is 4. The van der Waals surface area contributed by atoms with E-state index in [0.717, 1.165) is 17.1 Å². The molecule has 10 heteroatoms. The fourth-order valence-corrected chi connectivity index (χ4v) is 4.33. The predicted octanol–water partition coefficient (Wildman–Crippen LogP) is 3.43. The highest BCUT2D eigenvalue weighted by molar-refractivity contribution is 7.89. The Balaban J connectivity index is 2.25. The highest BCUT2D eigenvalue weighted by Crippen LogP contribution is 2.19. The molecule has 0 heterocycles. The van der Waals surface area contributed by atoms with Crippen molar-refractivity contribution in [2.45, 2.75) is 44.2 Å². The summed E-state index contributed by atoms with van der Waals surface area (Å²) in [5.74, 6) is -1.54. The fourth-order valence-electron chi connectivity index (χ4n) is 3.08. The van der Waals surface area contributed by atoms with Gasteiger partial charge >= 0.3 is 0 Å². The molecule has 0 bridgehead atoms. The van der Waals surface area contributed by atoms with Gasteiger partial charge in [0.1, 0.15) is 11.9 Å². The number of hydrogen-bond donors (Lipinski definition) is 1. The Labute approximate surface area is 199 Å². The maximum atomic E-state index is 14.3. The molecule has 0 saturated carbocycles. The van der Waals surface area contributed by atoms with Crippen molar-refractivity contribution in [1.29, 1.82) is 0 Å². The number of rotatable bonds is 11. The minimum absolute atomic E-state index is 0.0202. The van der Waals surface area contributed by atoms with Gasteiger partial charge in [0, 0.05) is 30.7 Å². The zero-order valence-corrected chi connectivity index (χ0v) is 20.5. The Morgan fingerprint density at radius 3 is 2.36 bits per heavy atom. The van der Waals surface area contributed by atoms with Gasteiger partial charge in [-0.15, -0.1) is 0 Å². The van der Waals surface area contributed by atoms with E-state index in [9.17, 15) is 22.4 Å². The predicted molar refractivity (Wildman–Crippen MR) is 126 cm³/mol. The normalized spacial score (nSPS) is 12.4. The number of nitrogens with one attached hydrogen (secondary N) is 1. The lowest BCUT2D eigenvalue weighted by Gasteiger charge is -2.30. The largest absolute Gasteiger partial charge is 0.354 e. The van der Waals surface area contributed by atoms with Crippen LogP contribution in [0.3, 0.4) is 0 Å². The van der Waals surface area contributed by atoms with Crippen LogP contribution < -0.4 is 5.32 Å². The van der Waals surface area contributed by atoms with Crippen molar-refractivity contribution in [1.82, 2.24) is 14.5 Å². The number of nitrogens with zero attached hydrogens (tertiary/aromatic N) is 2. The van der Waals surface area contributed by atoms with Crippen LogP contribution in [0, 0.1) is 5.82 Å². The summed E-state index contributed by atoms with van der Waals surface area (Å²) in [6.45, 7) is 3.27. The van der Waals surface area contributed by atoms with Gasteiger partial charge in [-0.25, -0.2) is 12.8 Å². The van der Waals surface area contributed by atoms with E-state index >= 15 is 0 Å². The van der Waals surface area contributed by atoms with Crippen molar-refractivity contribution >= 4 is 33.4 Å². The van der Waals surface area contributed by atoms with Gasteiger partial charge in [0.15, 0.2) is 0 Å². The summed E-state index contributed by atoms with van der Waals surface area (Å²) in [4.78, 5) is 27.0. The molecule has 2 aromatic rings. The van der Waals surface area contributed by atoms with Gasteiger partial charge < -0.3 is 10.2 Å². The van der Waals surface area contributed by atoms with E-state index in [-0.39, 0.29) is 17.0 Å². The zero-order valence-electron chi connectivity index (χ0n) is 18.9. The molecule has 0 aliphatic heterocycles. The van der Waals surface area contributed by atoms with E-state index in [1.165, 1.54) is 61.3 Å². The van der Waals surface area contributed by atoms with E-state index < -0.39 is 40.2 Å². The van der Waals surface area contributed by atoms with Crippen LogP contribution in [-0.4, -0.2) is 55.6 Å². The van der Waals surface area contributed by atoms with Crippen molar-refractivity contribution in [3.63, 3.8) is 0 Å². The van der Waals surface area contributed by atoms with Gasteiger partial charge in [0.2, 0.25) is 21.8 Å².